The monoisotopic (exact) mass is 456 g/mol. The van der Waals surface area contributed by atoms with Crippen molar-refractivity contribution < 1.29 is 14.6 Å². The topological polar surface area (TPSA) is 46.5 Å². The molecule has 1 aromatic rings. The predicted molar refractivity (Wildman–Crippen MR) is 114 cm³/mol. The van der Waals surface area contributed by atoms with Crippen molar-refractivity contribution >= 4 is 62.9 Å². The molecule has 0 aliphatic rings. The molecule has 146 valence electrons. The molecular formula is C18H24Cl4O3Si. The van der Waals surface area contributed by atoms with Crippen molar-refractivity contribution in [1.82, 2.24) is 0 Å². The molecule has 1 rings (SSSR count). The van der Waals surface area contributed by atoms with Gasteiger partial charge < -0.3 is 9.84 Å². The van der Waals surface area contributed by atoms with Gasteiger partial charge in [-0.05, 0) is 42.7 Å². The first-order valence-electron chi connectivity index (χ1n) is 8.57. The first kappa shape index (κ1) is 23.6. The van der Waals surface area contributed by atoms with E-state index in [1.165, 1.54) is 0 Å². The molecule has 0 fully saturated rings. The third-order valence-corrected chi connectivity index (χ3v) is 6.86. The van der Waals surface area contributed by atoms with Gasteiger partial charge in [0.1, 0.15) is 5.75 Å². The average Bonchev–Trinajstić information content (AvgIpc) is 2.55. The molecule has 0 unspecified atom stereocenters. The number of rotatable bonds is 12. The first-order chi connectivity index (χ1) is 12.2. The maximum absolute atomic E-state index is 11.5. The van der Waals surface area contributed by atoms with Crippen LogP contribution in [0.4, 0.5) is 0 Å². The van der Waals surface area contributed by atoms with Gasteiger partial charge in [-0.1, -0.05) is 49.8 Å². The number of carbonyl (C=O) groups is 1. The summed E-state index contributed by atoms with van der Waals surface area (Å²) in [5, 5.41) is 9.86. The average molecular weight is 458 g/mol. The van der Waals surface area contributed by atoms with Crippen LogP contribution in [0.3, 0.4) is 0 Å². The van der Waals surface area contributed by atoms with Crippen molar-refractivity contribution in [2.45, 2.75) is 51.0 Å². The summed E-state index contributed by atoms with van der Waals surface area (Å²) in [6.45, 7) is 0. The van der Waals surface area contributed by atoms with Crippen LogP contribution in [-0.4, -0.2) is 24.2 Å². The zero-order valence-corrected chi connectivity index (χ0v) is 18.8. The third kappa shape index (κ3) is 10.1. The molecule has 1 N–H and O–H groups in total. The third-order valence-electron chi connectivity index (χ3n) is 3.95. The smallest absolute Gasteiger partial charge is 0.341 e. The molecule has 0 amide bonds. The number of carboxylic acids is 1. The molecule has 0 spiro atoms. The Bertz CT molecular complexity index is 615. The van der Waals surface area contributed by atoms with E-state index in [2.05, 4.69) is 0 Å². The van der Waals surface area contributed by atoms with E-state index in [9.17, 15) is 9.90 Å². The zero-order valence-electron chi connectivity index (χ0n) is 14.7. The Morgan fingerprint density at radius 1 is 1.12 bits per heavy atom. The van der Waals surface area contributed by atoms with Gasteiger partial charge in [0.05, 0.1) is 12.1 Å². The highest BCUT2D eigenvalue weighted by molar-refractivity contribution is 7.64. The van der Waals surface area contributed by atoms with Crippen LogP contribution < -0.4 is 4.74 Å². The number of carboxylic acid groups (broad SMARTS) is 1. The number of hydrogen-bond acceptors (Lipinski definition) is 2. The number of unbranched alkanes of at least 4 members (excludes halogenated alkanes) is 5. The molecule has 0 aromatic heterocycles. The van der Waals surface area contributed by atoms with Gasteiger partial charge in [0.25, 0.3) is 0 Å². The van der Waals surface area contributed by atoms with E-state index < -0.39 is 12.0 Å². The van der Waals surface area contributed by atoms with Crippen molar-refractivity contribution in [2.75, 3.05) is 7.11 Å². The van der Waals surface area contributed by atoms with Crippen molar-refractivity contribution in [1.29, 1.82) is 0 Å². The van der Waals surface area contributed by atoms with Crippen LogP contribution in [0.2, 0.25) is 11.1 Å². The van der Waals surface area contributed by atoms with Crippen LogP contribution in [0.5, 0.6) is 5.75 Å². The lowest BCUT2D eigenvalue weighted by molar-refractivity contribution is -0.132. The highest BCUT2D eigenvalue weighted by atomic mass is 35.8. The quantitative estimate of drug-likeness (QED) is 0.156. The number of benzene rings is 1. The van der Waals surface area contributed by atoms with Crippen LogP contribution in [0.15, 0.2) is 23.8 Å². The van der Waals surface area contributed by atoms with Crippen molar-refractivity contribution in [3.63, 3.8) is 0 Å². The Hall–Kier alpha value is -0.393. The van der Waals surface area contributed by atoms with E-state index >= 15 is 0 Å². The standard InChI is InChI=1S/C18H24Cl4O3Si/c1-25-17-10-9-14(13-16(17)19)12-15(18(23)24)8-6-4-2-3-5-7-11-26(20,21)22/h9-10,12-13H,2-8,11H2,1H3,(H,23,24)/b15-12+. The van der Waals surface area contributed by atoms with Gasteiger partial charge in [-0.25, -0.2) is 4.79 Å². The largest absolute Gasteiger partial charge is 0.495 e. The lowest BCUT2D eigenvalue weighted by atomic mass is 10.0. The highest BCUT2D eigenvalue weighted by Gasteiger charge is 2.23. The first-order valence-corrected chi connectivity index (χ1v) is 14.2. The summed E-state index contributed by atoms with van der Waals surface area (Å²) in [5.41, 5.74) is 1.14. The molecule has 0 aliphatic carbocycles. The lowest BCUT2D eigenvalue weighted by Gasteiger charge is -2.07. The van der Waals surface area contributed by atoms with Crippen molar-refractivity contribution in [2.24, 2.45) is 0 Å². The van der Waals surface area contributed by atoms with Crippen molar-refractivity contribution in [3.05, 3.63) is 34.4 Å². The number of halogens is 4. The normalized spacial score (nSPS) is 12.3. The number of hydrogen-bond donors (Lipinski definition) is 1. The van der Waals surface area contributed by atoms with Crippen LogP contribution in [-0.2, 0) is 4.79 Å². The second-order valence-corrected chi connectivity index (χ2v) is 15.8. The molecule has 3 nitrogen and oxygen atoms in total. The molecule has 8 heteroatoms. The van der Waals surface area contributed by atoms with E-state index in [1.54, 1.807) is 31.4 Å². The molecule has 0 aliphatic heterocycles. The molecule has 0 heterocycles. The molecule has 0 saturated carbocycles. The fraction of sp³-hybridized carbons (Fsp3) is 0.500. The van der Waals surface area contributed by atoms with Gasteiger partial charge in [-0.3, -0.25) is 0 Å². The summed E-state index contributed by atoms with van der Waals surface area (Å²) in [7, 11) is 1.54. The Kier molecular flexibility index (Phi) is 11.0. The molecule has 26 heavy (non-hydrogen) atoms. The van der Waals surface area contributed by atoms with Crippen LogP contribution in [0.1, 0.15) is 50.5 Å². The minimum Gasteiger partial charge on any atom is -0.495 e. The number of methoxy groups -OCH3 is 1. The predicted octanol–water partition coefficient (Wildman–Crippen LogP) is 7.20. The maximum Gasteiger partial charge on any atom is 0.341 e. The Morgan fingerprint density at radius 3 is 2.27 bits per heavy atom. The SMILES string of the molecule is COc1ccc(/C=C(\CCCCCCCC[Si](Cl)(Cl)Cl)C(=O)O)cc1Cl. The summed E-state index contributed by atoms with van der Waals surface area (Å²) in [4.78, 5) is 11.5. The number of aliphatic carboxylic acids is 1. The van der Waals surface area contributed by atoms with E-state index in [4.69, 9.17) is 49.6 Å². The van der Waals surface area contributed by atoms with E-state index in [0.717, 1.165) is 44.1 Å². The van der Waals surface area contributed by atoms with E-state index in [0.29, 0.717) is 28.8 Å². The fourth-order valence-corrected chi connectivity index (χ4v) is 4.68. The van der Waals surface area contributed by atoms with Gasteiger partial charge >= 0.3 is 12.0 Å². The second-order valence-electron chi connectivity index (χ2n) is 6.11. The van der Waals surface area contributed by atoms with Crippen LogP contribution >= 0.6 is 44.8 Å². The molecule has 0 saturated heterocycles. The number of ether oxygens (including phenoxy) is 1. The van der Waals surface area contributed by atoms with Crippen LogP contribution in [0.25, 0.3) is 6.08 Å². The maximum atomic E-state index is 11.5. The molecule has 0 bridgehead atoms. The summed E-state index contributed by atoms with van der Waals surface area (Å²) < 4.78 is 5.10. The van der Waals surface area contributed by atoms with E-state index in [-0.39, 0.29) is 0 Å². The summed E-state index contributed by atoms with van der Waals surface area (Å²) in [6.07, 6.45) is 8.14. The van der Waals surface area contributed by atoms with Gasteiger partial charge in [-0.15, -0.1) is 33.2 Å². The molecule has 0 atom stereocenters. The molecule has 0 radical (unpaired) electrons. The summed E-state index contributed by atoms with van der Waals surface area (Å²) in [5.74, 6) is -0.331. The lowest BCUT2D eigenvalue weighted by Crippen LogP contribution is -2.07. The minimum atomic E-state index is -2.48. The van der Waals surface area contributed by atoms with Gasteiger partial charge in [-0.2, -0.15) is 0 Å². The Morgan fingerprint density at radius 2 is 1.73 bits per heavy atom. The zero-order chi connectivity index (χ0) is 19.6. The van der Waals surface area contributed by atoms with Gasteiger partial charge in [0.15, 0.2) is 0 Å². The summed E-state index contributed by atoms with van der Waals surface area (Å²) >= 11 is 23.6. The Labute approximate surface area is 175 Å². The van der Waals surface area contributed by atoms with Crippen molar-refractivity contribution in [3.8, 4) is 5.75 Å². The fourth-order valence-electron chi connectivity index (χ4n) is 2.56. The van der Waals surface area contributed by atoms with Gasteiger partial charge in [0.2, 0.25) is 0 Å². The van der Waals surface area contributed by atoms with Gasteiger partial charge in [0, 0.05) is 5.57 Å². The second kappa shape index (κ2) is 12.1. The Balaban J connectivity index is 2.40. The minimum absolute atomic E-state index is 0.383. The van der Waals surface area contributed by atoms with E-state index in [1.807, 2.05) is 0 Å². The summed E-state index contributed by atoms with van der Waals surface area (Å²) in [6, 6.07) is 3.45. The van der Waals surface area contributed by atoms with Crippen LogP contribution in [0, 0.1) is 0 Å². The highest BCUT2D eigenvalue weighted by Crippen LogP contribution is 2.28. The molecule has 1 aromatic carbocycles. The molecular weight excluding hydrogens is 434 g/mol.